The minimum atomic E-state index is -1.22. The van der Waals surface area contributed by atoms with Crippen LogP contribution in [0.5, 0.6) is 0 Å². The van der Waals surface area contributed by atoms with Gasteiger partial charge in [-0.15, -0.1) is 0 Å². The van der Waals surface area contributed by atoms with Crippen LogP contribution in [0.3, 0.4) is 0 Å². The summed E-state index contributed by atoms with van der Waals surface area (Å²) in [6, 6.07) is 11.1. The fraction of sp³-hybridized carbons (Fsp3) is 0.133. The third kappa shape index (κ3) is 3.15. The van der Waals surface area contributed by atoms with Crippen molar-refractivity contribution in [2.45, 2.75) is 12.5 Å². The Bertz CT molecular complexity index is 682. The predicted octanol–water partition coefficient (Wildman–Crippen LogP) is 2.94. The van der Waals surface area contributed by atoms with E-state index in [2.05, 4.69) is 0 Å². The molecular weight excluding hydrogens is 304 g/mol. The highest BCUT2D eigenvalue weighted by atomic mass is 16.6. The second-order valence-electron chi connectivity index (χ2n) is 4.86. The third-order valence-corrected chi connectivity index (χ3v) is 3.54. The van der Waals surface area contributed by atoms with Crippen molar-refractivity contribution >= 4 is 17.8 Å². The van der Waals surface area contributed by atoms with Gasteiger partial charge in [-0.3, -0.25) is 25.0 Å². The Labute approximate surface area is 130 Å². The molecule has 0 heterocycles. The minimum absolute atomic E-state index is 0.0918. The largest absolute Gasteiger partial charge is 0.452 e. The zero-order valence-corrected chi connectivity index (χ0v) is 12.0. The van der Waals surface area contributed by atoms with E-state index in [0.717, 1.165) is 0 Å². The lowest BCUT2D eigenvalue weighted by molar-refractivity contribution is -0.385. The number of nitro groups is 2. The molecule has 0 aliphatic heterocycles. The van der Waals surface area contributed by atoms with E-state index in [1.165, 1.54) is 48.5 Å². The van der Waals surface area contributed by atoms with E-state index in [1.807, 2.05) is 0 Å². The summed E-state index contributed by atoms with van der Waals surface area (Å²) < 4.78 is 5.18. The van der Waals surface area contributed by atoms with E-state index in [4.69, 9.17) is 4.74 Å². The first kappa shape index (κ1) is 16.1. The Morgan fingerprint density at radius 3 is 1.48 bits per heavy atom. The van der Waals surface area contributed by atoms with Gasteiger partial charge < -0.3 is 4.74 Å². The number of hydrogen-bond donors (Lipinski definition) is 0. The van der Waals surface area contributed by atoms with Crippen molar-refractivity contribution in [1.29, 1.82) is 0 Å². The summed E-state index contributed by atoms with van der Waals surface area (Å²) in [4.78, 5) is 31.2. The van der Waals surface area contributed by atoms with Crippen LogP contribution in [-0.2, 0) is 15.1 Å². The molecule has 0 saturated heterocycles. The topological polar surface area (TPSA) is 113 Å². The van der Waals surface area contributed by atoms with Crippen molar-refractivity contribution < 1.29 is 19.4 Å². The zero-order valence-electron chi connectivity index (χ0n) is 12.0. The molecule has 8 heteroatoms. The van der Waals surface area contributed by atoms with Crippen LogP contribution >= 0.6 is 0 Å². The molecule has 0 saturated carbocycles. The van der Waals surface area contributed by atoms with Crippen molar-refractivity contribution in [3.8, 4) is 0 Å². The van der Waals surface area contributed by atoms with Gasteiger partial charge in [0.15, 0.2) is 5.60 Å². The number of nitro benzene ring substituents is 2. The van der Waals surface area contributed by atoms with Crippen LogP contribution in [0.4, 0.5) is 11.4 Å². The quantitative estimate of drug-likeness (QED) is 0.460. The van der Waals surface area contributed by atoms with Gasteiger partial charge in [0.05, 0.1) is 9.85 Å². The van der Waals surface area contributed by atoms with E-state index in [1.54, 1.807) is 6.92 Å². The Morgan fingerprint density at radius 1 is 0.870 bits per heavy atom. The molecule has 0 aliphatic rings. The monoisotopic (exact) mass is 316 g/mol. The summed E-state index contributed by atoms with van der Waals surface area (Å²) in [5.41, 5.74) is -0.392. The van der Waals surface area contributed by atoms with Crippen molar-refractivity contribution in [2.24, 2.45) is 0 Å². The summed E-state index contributed by atoms with van der Waals surface area (Å²) in [7, 11) is 0. The predicted molar refractivity (Wildman–Crippen MR) is 79.8 cm³/mol. The number of rotatable bonds is 6. The van der Waals surface area contributed by atoms with Crippen molar-refractivity contribution in [1.82, 2.24) is 0 Å². The maximum atomic E-state index is 10.9. The molecule has 2 aromatic rings. The summed E-state index contributed by atoms with van der Waals surface area (Å²) in [5.74, 6) is 0. The van der Waals surface area contributed by atoms with Gasteiger partial charge in [0, 0.05) is 35.4 Å². The highest BCUT2D eigenvalue weighted by Crippen LogP contribution is 2.34. The maximum Gasteiger partial charge on any atom is 0.294 e. The SMILES string of the molecule is CC(OC=O)(c1ccc([N+](=O)[O-])cc1)c1ccc([N+](=O)[O-])cc1. The number of benzene rings is 2. The lowest BCUT2D eigenvalue weighted by Gasteiger charge is -2.28. The Balaban J connectivity index is 2.47. The van der Waals surface area contributed by atoms with E-state index >= 15 is 0 Å². The van der Waals surface area contributed by atoms with Gasteiger partial charge >= 0.3 is 0 Å². The maximum absolute atomic E-state index is 10.9. The van der Waals surface area contributed by atoms with Gasteiger partial charge in [0.2, 0.25) is 0 Å². The van der Waals surface area contributed by atoms with Crippen LogP contribution in [0.2, 0.25) is 0 Å². The van der Waals surface area contributed by atoms with Crippen LogP contribution in [0, 0.1) is 20.2 Å². The van der Waals surface area contributed by atoms with Crippen molar-refractivity contribution in [2.75, 3.05) is 0 Å². The molecule has 0 amide bonds. The molecule has 0 aromatic heterocycles. The number of carbonyl (C=O) groups is 1. The average Bonchev–Trinajstić information content (AvgIpc) is 2.55. The van der Waals surface area contributed by atoms with E-state index < -0.39 is 15.4 Å². The second-order valence-corrected chi connectivity index (χ2v) is 4.86. The summed E-state index contributed by atoms with van der Waals surface area (Å²) in [5, 5.41) is 21.4. The fourth-order valence-corrected chi connectivity index (χ4v) is 2.20. The number of nitrogens with zero attached hydrogens (tertiary/aromatic N) is 2. The molecule has 0 unspecified atom stereocenters. The van der Waals surface area contributed by atoms with Gasteiger partial charge in [-0.2, -0.15) is 0 Å². The molecule has 0 bridgehead atoms. The van der Waals surface area contributed by atoms with E-state index in [0.29, 0.717) is 11.1 Å². The molecule has 0 spiro atoms. The van der Waals surface area contributed by atoms with Crippen molar-refractivity contribution in [3.05, 3.63) is 79.9 Å². The highest BCUT2D eigenvalue weighted by molar-refractivity contribution is 5.48. The molecule has 2 rings (SSSR count). The van der Waals surface area contributed by atoms with Gasteiger partial charge in [0.1, 0.15) is 0 Å². The normalized spacial score (nSPS) is 10.8. The smallest absolute Gasteiger partial charge is 0.294 e. The molecule has 0 radical (unpaired) electrons. The van der Waals surface area contributed by atoms with E-state index in [9.17, 15) is 25.0 Å². The molecule has 0 N–H and O–H groups in total. The molecule has 0 fully saturated rings. The average molecular weight is 316 g/mol. The van der Waals surface area contributed by atoms with Gasteiger partial charge in [-0.05, 0) is 31.2 Å². The first-order valence-corrected chi connectivity index (χ1v) is 6.50. The Hall–Kier alpha value is -3.29. The second kappa shape index (κ2) is 6.22. The lowest BCUT2D eigenvalue weighted by Crippen LogP contribution is -2.27. The summed E-state index contributed by atoms with van der Waals surface area (Å²) >= 11 is 0. The molecule has 0 atom stereocenters. The number of ether oxygens (including phenoxy) is 1. The highest BCUT2D eigenvalue weighted by Gasteiger charge is 2.31. The number of carbonyl (C=O) groups excluding carboxylic acids is 1. The molecule has 0 aliphatic carbocycles. The Kier molecular flexibility index (Phi) is 4.35. The number of hydrogen-bond acceptors (Lipinski definition) is 6. The van der Waals surface area contributed by atoms with E-state index in [-0.39, 0.29) is 17.8 Å². The Morgan fingerprint density at radius 2 is 1.22 bits per heavy atom. The van der Waals surface area contributed by atoms with Gasteiger partial charge in [0.25, 0.3) is 17.8 Å². The van der Waals surface area contributed by atoms with Crippen LogP contribution in [0.1, 0.15) is 18.1 Å². The third-order valence-electron chi connectivity index (χ3n) is 3.54. The minimum Gasteiger partial charge on any atom is -0.452 e. The molecule has 118 valence electrons. The molecule has 23 heavy (non-hydrogen) atoms. The van der Waals surface area contributed by atoms with Crippen LogP contribution in [0.15, 0.2) is 48.5 Å². The van der Waals surface area contributed by atoms with Crippen LogP contribution in [-0.4, -0.2) is 16.3 Å². The molecular formula is C15H12N2O6. The first-order chi connectivity index (χ1) is 10.9. The standard InChI is InChI=1S/C15H12N2O6/c1-15(23-10-18,11-2-6-13(7-3-11)16(19)20)12-4-8-14(9-5-12)17(21)22/h2-10H,1H3. The van der Waals surface area contributed by atoms with Gasteiger partial charge in [-0.1, -0.05) is 0 Å². The number of non-ortho nitro benzene ring substituents is 2. The molecule has 2 aromatic carbocycles. The molecule has 8 nitrogen and oxygen atoms in total. The van der Waals surface area contributed by atoms with Gasteiger partial charge in [-0.25, -0.2) is 0 Å². The summed E-state index contributed by atoms with van der Waals surface area (Å²) in [6.07, 6.45) is 0. The van der Waals surface area contributed by atoms with Crippen LogP contribution < -0.4 is 0 Å². The zero-order chi connectivity index (χ0) is 17.0. The lowest BCUT2D eigenvalue weighted by atomic mass is 9.87. The van der Waals surface area contributed by atoms with Crippen LogP contribution in [0.25, 0.3) is 0 Å². The fourth-order valence-electron chi connectivity index (χ4n) is 2.20. The first-order valence-electron chi connectivity index (χ1n) is 6.50. The summed E-state index contributed by atoms with van der Waals surface area (Å²) in [6.45, 7) is 1.87. The van der Waals surface area contributed by atoms with Crippen molar-refractivity contribution in [3.63, 3.8) is 0 Å².